The summed E-state index contributed by atoms with van der Waals surface area (Å²) in [6.45, 7) is 0.321. The second-order valence-corrected chi connectivity index (χ2v) is 3.23. The summed E-state index contributed by atoms with van der Waals surface area (Å²) in [6.07, 6.45) is 1.12. The molecular weight excluding hydrogens is 239 g/mol. The Morgan fingerprint density at radius 1 is 1.54 bits per heavy atom. The van der Waals surface area contributed by atoms with E-state index in [0.29, 0.717) is 23.2 Å². The minimum atomic E-state index is -0.331. The second-order valence-electron chi connectivity index (χ2n) is 2.38. The highest BCUT2D eigenvalue weighted by atomic mass is 79.9. The third-order valence-corrected chi connectivity index (χ3v) is 2.00. The Hall–Kier alpha value is -0.900. The van der Waals surface area contributed by atoms with Gasteiger partial charge in [-0.1, -0.05) is 0 Å². The van der Waals surface area contributed by atoms with Gasteiger partial charge in [-0.25, -0.2) is 4.39 Å². The molecule has 1 aromatic rings. The summed E-state index contributed by atoms with van der Waals surface area (Å²) in [6, 6.07) is 4.35. The first-order chi connectivity index (χ1) is 6.24. The Morgan fingerprint density at radius 3 is 2.92 bits per heavy atom. The van der Waals surface area contributed by atoms with Gasteiger partial charge in [-0.05, 0) is 34.1 Å². The van der Waals surface area contributed by atoms with E-state index in [9.17, 15) is 9.18 Å². The van der Waals surface area contributed by atoms with Crippen molar-refractivity contribution in [1.82, 2.24) is 0 Å². The molecular formula is C9H8BrFO2. The molecule has 13 heavy (non-hydrogen) atoms. The average molecular weight is 247 g/mol. The lowest BCUT2D eigenvalue weighted by molar-refractivity contribution is -0.108. The van der Waals surface area contributed by atoms with E-state index in [4.69, 9.17) is 4.74 Å². The number of benzene rings is 1. The quantitative estimate of drug-likeness (QED) is 0.603. The van der Waals surface area contributed by atoms with Crippen LogP contribution in [0.2, 0.25) is 0 Å². The minimum absolute atomic E-state index is 0.321. The molecule has 0 heterocycles. The van der Waals surface area contributed by atoms with E-state index < -0.39 is 0 Å². The molecule has 0 aliphatic carbocycles. The van der Waals surface area contributed by atoms with Crippen LogP contribution in [-0.4, -0.2) is 12.9 Å². The molecule has 4 heteroatoms. The maximum Gasteiger partial charge on any atom is 0.137 e. The van der Waals surface area contributed by atoms with Gasteiger partial charge in [0.05, 0.1) is 11.1 Å². The molecule has 0 fully saturated rings. The van der Waals surface area contributed by atoms with Crippen molar-refractivity contribution in [1.29, 1.82) is 0 Å². The van der Waals surface area contributed by atoms with Crippen LogP contribution in [0.25, 0.3) is 0 Å². The molecule has 1 aromatic carbocycles. The number of rotatable bonds is 4. The molecule has 0 aliphatic heterocycles. The number of hydrogen-bond donors (Lipinski definition) is 0. The lowest BCUT2D eigenvalue weighted by Gasteiger charge is -2.04. The molecule has 0 bridgehead atoms. The summed E-state index contributed by atoms with van der Waals surface area (Å²) in [7, 11) is 0. The number of ether oxygens (including phenoxy) is 1. The first kappa shape index (κ1) is 10.2. The number of aldehydes is 1. The van der Waals surface area contributed by atoms with Crippen LogP contribution in [0.3, 0.4) is 0 Å². The molecule has 0 aliphatic rings. The van der Waals surface area contributed by atoms with Crippen LogP contribution in [0, 0.1) is 5.82 Å². The smallest absolute Gasteiger partial charge is 0.137 e. The fraction of sp³-hybridized carbons (Fsp3) is 0.222. The summed E-state index contributed by atoms with van der Waals surface area (Å²) in [5, 5.41) is 0. The molecule has 0 unspecified atom stereocenters. The SMILES string of the molecule is O=CCCOc1ccc(F)c(Br)c1. The Kier molecular flexibility index (Phi) is 3.89. The molecule has 70 valence electrons. The van der Waals surface area contributed by atoms with E-state index in [2.05, 4.69) is 15.9 Å². The fourth-order valence-electron chi connectivity index (χ4n) is 0.792. The van der Waals surface area contributed by atoms with Gasteiger partial charge in [0.15, 0.2) is 0 Å². The lowest BCUT2D eigenvalue weighted by Crippen LogP contribution is -1.97. The van der Waals surface area contributed by atoms with Crippen molar-refractivity contribution >= 4 is 22.2 Å². The van der Waals surface area contributed by atoms with E-state index >= 15 is 0 Å². The first-order valence-electron chi connectivity index (χ1n) is 3.75. The molecule has 2 nitrogen and oxygen atoms in total. The Labute approximate surface area is 83.8 Å². The van der Waals surface area contributed by atoms with Crippen molar-refractivity contribution in [3.05, 3.63) is 28.5 Å². The van der Waals surface area contributed by atoms with Crippen LogP contribution < -0.4 is 4.74 Å². The number of carbonyl (C=O) groups excluding carboxylic acids is 1. The van der Waals surface area contributed by atoms with Gasteiger partial charge in [0.1, 0.15) is 17.9 Å². The molecule has 0 spiro atoms. The molecule has 0 aromatic heterocycles. The van der Waals surface area contributed by atoms with E-state index in [0.717, 1.165) is 6.29 Å². The van der Waals surface area contributed by atoms with Crippen LogP contribution in [0.4, 0.5) is 4.39 Å². The highest BCUT2D eigenvalue weighted by molar-refractivity contribution is 9.10. The Morgan fingerprint density at radius 2 is 2.31 bits per heavy atom. The lowest BCUT2D eigenvalue weighted by atomic mass is 10.3. The second kappa shape index (κ2) is 4.97. The van der Waals surface area contributed by atoms with Gasteiger partial charge in [0.2, 0.25) is 0 Å². The van der Waals surface area contributed by atoms with Crippen LogP contribution in [0.1, 0.15) is 6.42 Å². The zero-order valence-corrected chi connectivity index (χ0v) is 8.38. The van der Waals surface area contributed by atoms with Crippen LogP contribution in [-0.2, 0) is 4.79 Å². The van der Waals surface area contributed by atoms with Gasteiger partial charge in [-0.15, -0.1) is 0 Å². The zero-order valence-electron chi connectivity index (χ0n) is 6.80. The third-order valence-electron chi connectivity index (χ3n) is 1.40. The van der Waals surface area contributed by atoms with E-state index in [1.807, 2.05) is 0 Å². The largest absolute Gasteiger partial charge is 0.493 e. The first-order valence-corrected chi connectivity index (χ1v) is 4.55. The van der Waals surface area contributed by atoms with Gasteiger partial charge >= 0.3 is 0 Å². The highest BCUT2D eigenvalue weighted by Crippen LogP contribution is 2.21. The predicted molar refractivity (Wildman–Crippen MR) is 50.3 cm³/mol. The molecule has 0 radical (unpaired) electrons. The van der Waals surface area contributed by atoms with Crippen molar-refractivity contribution in [2.45, 2.75) is 6.42 Å². The van der Waals surface area contributed by atoms with Crippen molar-refractivity contribution in [3.63, 3.8) is 0 Å². The summed E-state index contributed by atoms with van der Waals surface area (Å²) in [5.41, 5.74) is 0. The fourth-order valence-corrected chi connectivity index (χ4v) is 1.15. The number of carbonyl (C=O) groups is 1. The molecule has 0 N–H and O–H groups in total. The van der Waals surface area contributed by atoms with Gasteiger partial charge in [0.25, 0.3) is 0 Å². The van der Waals surface area contributed by atoms with E-state index in [1.165, 1.54) is 18.2 Å². The maximum absolute atomic E-state index is 12.7. The van der Waals surface area contributed by atoms with Crippen LogP contribution in [0.5, 0.6) is 5.75 Å². The maximum atomic E-state index is 12.7. The molecule has 0 saturated carbocycles. The standard InChI is InChI=1S/C9H8BrFO2/c10-8-6-7(2-3-9(8)11)13-5-1-4-12/h2-4,6H,1,5H2. The topological polar surface area (TPSA) is 26.3 Å². The van der Waals surface area contributed by atoms with Gasteiger partial charge in [-0.3, -0.25) is 0 Å². The van der Waals surface area contributed by atoms with Crippen molar-refractivity contribution in [3.8, 4) is 5.75 Å². The van der Waals surface area contributed by atoms with Crippen LogP contribution in [0.15, 0.2) is 22.7 Å². The zero-order chi connectivity index (χ0) is 9.68. The number of hydrogen-bond acceptors (Lipinski definition) is 2. The minimum Gasteiger partial charge on any atom is -0.493 e. The van der Waals surface area contributed by atoms with Crippen LogP contribution >= 0.6 is 15.9 Å². The van der Waals surface area contributed by atoms with Crippen molar-refractivity contribution < 1.29 is 13.9 Å². The van der Waals surface area contributed by atoms with E-state index in [1.54, 1.807) is 0 Å². The third kappa shape index (κ3) is 3.14. The molecule has 0 saturated heterocycles. The molecule has 1 rings (SSSR count). The highest BCUT2D eigenvalue weighted by Gasteiger charge is 2.00. The normalized spacial score (nSPS) is 9.69. The Balaban J connectivity index is 2.57. The van der Waals surface area contributed by atoms with Gasteiger partial charge < -0.3 is 9.53 Å². The average Bonchev–Trinajstić information content (AvgIpc) is 2.12. The van der Waals surface area contributed by atoms with Crippen molar-refractivity contribution in [2.75, 3.05) is 6.61 Å². The summed E-state index contributed by atoms with van der Waals surface area (Å²) >= 11 is 3.03. The monoisotopic (exact) mass is 246 g/mol. The molecule has 0 amide bonds. The summed E-state index contributed by atoms with van der Waals surface area (Å²) < 4.78 is 18.2. The Bertz CT molecular complexity index is 302. The van der Waals surface area contributed by atoms with Crippen molar-refractivity contribution in [2.24, 2.45) is 0 Å². The molecule has 0 atom stereocenters. The summed E-state index contributed by atoms with van der Waals surface area (Å²) in [5.74, 6) is 0.220. The van der Waals surface area contributed by atoms with E-state index in [-0.39, 0.29) is 5.82 Å². The van der Waals surface area contributed by atoms with Gasteiger partial charge in [0, 0.05) is 6.42 Å². The predicted octanol–water partition coefficient (Wildman–Crippen LogP) is 2.56. The van der Waals surface area contributed by atoms with Gasteiger partial charge in [-0.2, -0.15) is 0 Å². The summed E-state index contributed by atoms with van der Waals surface area (Å²) in [4.78, 5) is 9.97. The number of halogens is 2.